The fourth-order valence-electron chi connectivity index (χ4n) is 1.58. The number of rotatable bonds is 6. The first-order chi connectivity index (χ1) is 9.35. The zero-order valence-corrected chi connectivity index (χ0v) is 16.5. The Balaban J connectivity index is 0.00000200. The summed E-state index contributed by atoms with van der Waals surface area (Å²) in [5.41, 5.74) is 1.65. The topological polar surface area (TPSA) is 40.6 Å². The van der Waals surface area contributed by atoms with Crippen LogP contribution in [0.5, 0.6) is 0 Å². The largest absolute Gasteiger partial charge is 1.00 e. The molecule has 0 N–H and O–H groups in total. The van der Waals surface area contributed by atoms with Gasteiger partial charge in [0.05, 0.1) is 0 Å². The second-order valence-corrected chi connectivity index (χ2v) is 6.58. The smallest absolute Gasteiger partial charge is 1.00 e. The van der Waals surface area contributed by atoms with Gasteiger partial charge in [-0.3, -0.25) is 0 Å². The average Bonchev–Trinajstić information content (AvgIpc) is 2.50. The fraction of sp³-hybridized carbons (Fsp3) is 0. The van der Waals surface area contributed by atoms with Gasteiger partial charge in [-0.05, 0) is 0 Å². The molecule has 0 aliphatic heterocycles. The van der Waals surface area contributed by atoms with Crippen molar-refractivity contribution in [2.45, 2.75) is 0 Å². The number of benzene rings is 2. The van der Waals surface area contributed by atoms with E-state index in [1.54, 1.807) is 5.69 Å². The van der Waals surface area contributed by atoms with E-state index in [2.05, 4.69) is 0 Å². The standard InChI is InChI=1S/2C7H7NO.2BrH.Zr/c2*9-6-8-7-4-2-1-3-5-7;;;/h2*1-6H,(H,8,9);2*1H;/q;;;;+4/p-4. The molecule has 2 aromatic rings. The molecule has 0 fully saturated rings. The van der Waals surface area contributed by atoms with E-state index in [9.17, 15) is 9.59 Å². The Kier molecular flexibility index (Phi) is 10.5. The number of halogens is 2. The molecule has 2 amide bonds. The van der Waals surface area contributed by atoms with Crippen LogP contribution >= 0.6 is 0 Å². The molecule has 21 heavy (non-hydrogen) atoms. The number of carbonyl (C=O) groups excluding carboxylic acids is 2. The quantitative estimate of drug-likeness (QED) is 0.390. The molecule has 0 saturated heterocycles. The molecule has 0 unspecified atom stereocenters. The molecule has 0 bridgehead atoms. The van der Waals surface area contributed by atoms with E-state index in [-0.39, 0.29) is 34.0 Å². The zero-order chi connectivity index (χ0) is 13.5. The second-order valence-electron chi connectivity index (χ2n) is 3.72. The molecule has 108 valence electrons. The van der Waals surface area contributed by atoms with E-state index in [1.807, 2.05) is 60.7 Å². The van der Waals surface area contributed by atoms with Gasteiger partial charge in [-0.2, -0.15) is 0 Å². The summed E-state index contributed by atoms with van der Waals surface area (Å²) in [7, 11) is 0. The normalized spacial score (nSPS) is 8.38. The van der Waals surface area contributed by atoms with E-state index >= 15 is 0 Å². The van der Waals surface area contributed by atoms with Crippen LogP contribution in [-0.2, 0) is 33.4 Å². The number of hydrogen-bond acceptors (Lipinski definition) is 2. The Labute approximate surface area is 157 Å². The van der Waals surface area contributed by atoms with Crippen molar-refractivity contribution < 1.29 is 67.4 Å². The van der Waals surface area contributed by atoms with E-state index in [4.69, 9.17) is 0 Å². The van der Waals surface area contributed by atoms with Crippen molar-refractivity contribution in [1.29, 1.82) is 0 Å². The maximum absolute atomic E-state index is 11.2. The van der Waals surface area contributed by atoms with Crippen molar-refractivity contribution in [3.05, 3.63) is 60.7 Å². The Morgan fingerprint density at radius 1 is 0.667 bits per heavy atom. The molecule has 0 spiro atoms. The molecule has 4 nitrogen and oxygen atoms in total. The molecule has 0 aliphatic rings. The maximum atomic E-state index is 11.2. The van der Waals surface area contributed by atoms with Crippen molar-refractivity contribution >= 4 is 24.2 Å². The number of nitrogens with zero attached hydrogens (tertiary/aromatic N) is 2. The summed E-state index contributed by atoms with van der Waals surface area (Å²) in [5.74, 6) is 0. The molecule has 0 radical (unpaired) electrons. The SMILES string of the molecule is O=C[N]([Zr+2][N](C=O)c1ccccc1)c1ccccc1.[Br-].[Br-]. The van der Waals surface area contributed by atoms with Crippen LogP contribution in [0.15, 0.2) is 60.7 Å². The average molecular weight is 491 g/mol. The van der Waals surface area contributed by atoms with Gasteiger partial charge >= 0.3 is 124 Å². The van der Waals surface area contributed by atoms with Gasteiger partial charge in [0.2, 0.25) is 0 Å². The molecule has 0 aromatic heterocycles. The van der Waals surface area contributed by atoms with Gasteiger partial charge in [-0.25, -0.2) is 0 Å². The first-order valence-corrected chi connectivity index (χ1v) is 7.90. The molecular formula is C14H12Br2N2O2Zr. The van der Waals surface area contributed by atoms with Gasteiger partial charge in [0.1, 0.15) is 0 Å². The Hall–Kier alpha value is -0.777. The van der Waals surface area contributed by atoms with Gasteiger partial charge in [0.15, 0.2) is 0 Å². The number of carbonyl (C=O) groups is 2. The first-order valence-electron chi connectivity index (χ1n) is 5.70. The van der Waals surface area contributed by atoms with Crippen molar-refractivity contribution in [2.24, 2.45) is 0 Å². The van der Waals surface area contributed by atoms with Crippen LogP contribution in [0.3, 0.4) is 0 Å². The first kappa shape index (κ1) is 20.2. The summed E-state index contributed by atoms with van der Waals surface area (Å²) < 4.78 is 3.29. The summed E-state index contributed by atoms with van der Waals surface area (Å²) in [4.78, 5) is 22.4. The van der Waals surface area contributed by atoms with Gasteiger partial charge in [-0.1, -0.05) is 0 Å². The van der Waals surface area contributed by atoms with Crippen molar-refractivity contribution in [3.63, 3.8) is 0 Å². The predicted molar refractivity (Wildman–Crippen MR) is 70.0 cm³/mol. The minimum Gasteiger partial charge on any atom is -1.00 e. The van der Waals surface area contributed by atoms with E-state index in [1.165, 1.54) is 0 Å². The molecule has 7 heteroatoms. The monoisotopic (exact) mass is 488 g/mol. The molecule has 2 rings (SSSR count). The molecule has 2 aromatic carbocycles. The molecule has 0 saturated carbocycles. The van der Waals surface area contributed by atoms with Crippen LogP contribution in [0.4, 0.5) is 11.4 Å². The summed E-state index contributed by atoms with van der Waals surface area (Å²) >= 11 is -1.54. The van der Waals surface area contributed by atoms with Gasteiger partial charge in [0.25, 0.3) is 0 Å². The number of anilines is 2. The fourth-order valence-corrected chi connectivity index (χ4v) is 3.68. The third kappa shape index (κ3) is 5.85. The van der Waals surface area contributed by atoms with Crippen molar-refractivity contribution in [2.75, 3.05) is 5.69 Å². The second kappa shape index (κ2) is 10.9. The zero-order valence-electron chi connectivity index (χ0n) is 10.9. The van der Waals surface area contributed by atoms with Gasteiger partial charge < -0.3 is 34.0 Å². The van der Waals surface area contributed by atoms with Crippen LogP contribution in [0.25, 0.3) is 0 Å². The minimum absolute atomic E-state index is 0. The van der Waals surface area contributed by atoms with Crippen molar-refractivity contribution in [3.8, 4) is 0 Å². The van der Waals surface area contributed by atoms with Crippen LogP contribution in [0, 0.1) is 0 Å². The summed E-state index contributed by atoms with van der Waals surface area (Å²) in [5, 5.41) is 0. The van der Waals surface area contributed by atoms with Crippen LogP contribution < -0.4 is 39.7 Å². The summed E-state index contributed by atoms with van der Waals surface area (Å²) in [6.07, 6.45) is 1.59. The van der Waals surface area contributed by atoms with Crippen LogP contribution in [0.1, 0.15) is 0 Å². The van der Waals surface area contributed by atoms with Crippen molar-refractivity contribution in [1.82, 2.24) is 0 Å². The van der Waals surface area contributed by atoms with Crippen LogP contribution in [-0.4, -0.2) is 12.8 Å². The molecule has 0 aliphatic carbocycles. The van der Waals surface area contributed by atoms with Gasteiger partial charge in [0, 0.05) is 0 Å². The summed E-state index contributed by atoms with van der Waals surface area (Å²) in [6, 6.07) is 18.7. The van der Waals surface area contributed by atoms with E-state index in [0.717, 1.165) is 24.2 Å². The minimum atomic E-state index is -1.54. The van der Waals surface area contributed by atoms with Crippen LogP contribution in [0.2, 0.25) is 0 Å². The predicted octanol–water partition coefficient (Wildman–Crippen LogP) is -3.77. The summed E-state index contributed by atoms with van der Waals surface area (Å²) in [6.45, 7) is 0. The number of para-hydroxylation sites is 2. The molecular weight excluding hydrogens is 479 g/mol. The van der Waals surface area contributed by atoms with E-state index in [0.29, 0.717) is 0 Å². The molecule has 0 atom stereocenters. The number of hydrogen-bond donors (Lipinski definition) is 0. The Morgan fingerprint density at radius 2 is 1.00 bits per heavy atom. The van der Waals surface area contributed by atoms with Gasteiger partial charge in [-0.15, -0.1) is 0 Å². The Bertz CT molecular complexity index is 494. The third-order valence-corrected chi connectivity index (χ3v) is 5.34. The Morgan fingerprint density at radius 3 is 1.29 bits per heavy atom. The molecule has 0 heterocycles. The maximum Gasteiger partial charge on any atom is -1.00 e. The third-order valence-electron chi connectivity index (χ3n) is 2.50. The van der Waals surface area contributed by atoms with E-state index < -0.39 is 23.8 Å². The number of amides is 2.